The number of hydrogen-bond donors (Lipinski definition) is 2. The van der Waals surface area contributed by atoms with Gasteiger partial charge in [0.15, 0.2) is 17.6 Å². The van der Waals surface area contributed by atoms with E-state index in [-0.39, 0.29) is 5.56 Å². The zero-order valence-electron chi connectivity index (χ0n) is 7.98. The molecule has 1 rings (SSSR count). The Balaban J connectivity index is 2.98. The van der Waals surface area contributed by atoms with E-state index in [0.717, 1.165) is 12.1 Å². The van der Waals surface area contributed by atoms with Crippen LogP contribution in [0.5, 0.6) is 0 Å². The van der Waals surface area contributed by atoms with Gasteiger partial charge in [0.2, 0.25) is 0 Å². The molecule has 0 heterocycles. The Morgan fingerprint density at radius 1 is 1.19 bits per heavy atom. The zero-order chi connectivity index (χ0) is 12.3. The maximum absolute atomic E-state index is 13.1. The van der Waals surface area contributed by atoms with Crippen molar-refractivity contribution in [3.05, 3.63) is 35.4 Å². The van der Waals surface area contributed by atoms with Crippen LogP contribution in [-0.4, -0.2) is 22.2 Å². The molecule has 16 heavy (non-hydrogen) atoms. The second-order valence-electron chi connectivity index (χ2n) is 3.15. The van der Waals surface area contributed by atoms with Crippen LogP contribution in [0.2, 0.25) is 0 Å². The Bertz CT molecular complexity index is 417. The molecule has 0 aliphatic carbocycles. The van der Waals surface area contributed by atoms with Gasteiger partial charge in [-0.1, -0.05) is 12.1 Å². The standard InChI is InChI=1S/C10H8F2O4/c11-7-3-1-2-5(8(7)12)4-6(9(13)14)10(15)16/h1-3,6H,4H2,(H,13,14)(H,15,16). The van der Waals surface area contributed by atoms with Gasteiger partial charge in [-0.25, -0.2) is 8.78 Å². The van der Waals surface area contributed by atoms with E-state index in [0.29, 0.717) is 0 Å². The molecule has 0 bridgehead atoms. The Morgan fingerprint density at radius 2 is 1.75 bits per heavy atom. The molecule has 4 nitrogen and oxygen atoms in total. The summed E-state index contributed by atoms with van der Waals surface area (Å²) in [4.78, 5) is 21.1. The molecule has 2 N–H and O–H groups in total. The number of aliphatic carboxylic acids is 2. The minimum atomic E-state index is -1.78. The first-order chi connectivity index (χ1) is 7.43. The molecule has 0 aliphatic heterocycles. The monoisotopic (exact) mass is 230 g/mol. The molecule has 0 aliphatic rings. The van der Waals surface area contributed by atoms with Crippen LogP contribution in [0.4, 0.5) is 8.78 Å². The Hall–Kier alpha value is -1.98. The predicted octanol–water partition coefficient (Wildman–Crippen LogP) is 1.29. The van der Waals surface area contributed by atoms with Crippen LogP contribution >= 0.6 is 0 Å². The minimum Gasteiger partial charge on any atom is -0.481 e. The van der Waals surface area contributed by atoms with Crippen LogP contribution in [0, 0.1) is 17.6 Å². The molecular formula is C10H8F2O4. The molecule has 0 spiro atoms. The maximum atomic E-state index is 13.1. The Kier molecular flexibility index (Phi) is 3.55. The number of carboxylic acid groups (broad SMARTS) is 2. The summed E-state index contributed by atoms with van der Waals surface area (Å²) in [6.45, 7) is 0. The van der Waals surface area contributed by atoms with Gasteiger partial charge in [0.25, 0.3) is 0 Å². The van der Waals surface area contributed by atoms with E-state index >= 15 is 0 Å². The number of hydrogen-bond acceptors (Lipinski definition) is 2. The van der Waals surface area contributed by atoms with Crippen molar-refractivity contribution in [2.24, 2.45) is 5.92 Å². The number of carboxylic acids is 2. The largest absolute Gasteiger partial charge is 0.481 e. The quantitative estimate of drug-likeness (QED) is 0.764. The Labute approximate surface area is 89.1 Å². The van der Waals surface area contributed by atoms with Gasteiger partial charge in [-0.2, -0.15) is 0 Å². The van der Waals surface area contributed by atoms with Crippen molar-refractivity contribution in [1.29, 1.82) is 0 Å². The fourth-order valence-corrected chi connectivity index (χ4v) is 1.21. The maximum Gasteiger partial charge on any atom is 0.318 e. The van der Waals surface area contributed by atoms with Crippen molar-refractivity contribution >= 4 is 11.9 Å². The number of halogens is 2. The third-order valence-corrected chi connectivity index (χ3v) is 2.05. The molecular weight excluding hydrogens is 222 g/mol. The van der Waals surface area contributed by atoms with E-state index in [1.807, 2.05) is 0 Å². The van der Waals surface area contributed by atoms with E-state index in [2.05, 4.69) is 0 Å². The first-order valence-corrected chi connectivity index (χ1v) is 4.32. The van der Waals surface area contributed by atoms with Crippen molar-refractivity contribution in [1.82, 2.24) is 0 Å². The number of rotatable bonds is 4. The summed E-state index contributed by atoms with van der Waals surface area (Å²) in [5, 5.41) is 17.1. The Morgan fingerprint density at radius 3 is 2.25 bits per heavy atom. The highest BCUT2D eigenvalue weighted by atomic mass is 19.2. The van der Waals surface area contributed by atoms with Gasteiger partial charge in [0, 0.05) is 0 Å². The summed E-state index contributed by atoms with van der Waals surface area (Å²) in [5.74, 6) is -7.30. The summed E-state index contributed by atoms with van der Waals surface area (Å²) in [6, 6.07) is 3.21. The fourth-order valence-electron chi connectivity index (χ4n) is 1.21. The molecule has 0 aromatic heterocycles. The molecule has 86 valence electrons. The summed E-state index contributed by atoms with van der Waals surface area (Å²) in [6.07, 6.45) is -0.589. The topological polar surface area (TPSA) is 74.6 Å². The van der Waals surface area contributed by atoms with E-state index < -0.39 is 35.9 Å². The molecule has 0 amide bonds. The van der Waals surface area contributed by atoms with E-state index in [9.17, 15) is 18.4 Å². The fraction of sp³-hybridized carbons (Fsp3) is 0.200. The smallest absolute Gasteiger partial charge is 0.318 e. The molecule has 0 saturated heterocycles. The van der Waals surface area contributed by atoms with E-state index in [4.69, 9.17) is 10.2 Å². The third kappa shape index (κ3) is 2.53. The molecule has 1 aromatic carbocycles. The molecule has 0 atom stereocenters. The first kappa shape index (κ1) is 12.1. The van der Waals surface area contributed by atoms with E-state index in [1.165, 1.54) is 6.07 Å². The van der Waals surface area contributed by atoms with Gasteiger partial charge in [-0.05, 0) is 18.1 Å². The lowest BCUT2D eigenvalue weighted by Crippen LogP contribution is -2.26. The van der Waals surface area contributed by atoms with E-state index in [1.54, 1.807) is 0 Å². The lowest BCUT2D eigenvalue weighted by atomic mass is 9.99. The highest BCUT2D eigenvalue weighted by Crippen LogP contribution is 2.16. The van der Waals surface area contributed by atoms with Crippen molar-refractivity contribution in [3.8, 4) is 0 Å². The number of benzene rings is 1. The zero-order valence-corrected chi connectivity index (χ0v) is 7.98. The molecule has 6 heteroatoms. The highest BCUT2D eigenvalue weighted by molar-refractivity contribution is 5.93. The van der Waals surface area contributed by atoms with Crippen molar-refractivity contribution in [3.63, 3.8) is 0 Å². The van der Waals surface area contributed by atoms with Gasteiger partial charge in [-0.15, -0.1) is 0 Å². The molecule has 0 unspecified atom stereocenters. The second kappa shape index (κ2) is 4.69. The third-order valence-electron chi connectivity index (χ3n) is 2.05. The summed E-state index contributed by atoms with van der Waals surface area (Å²) in [5.41, 5.74) is -0.269. The summed E-state index contributed by atoms with van der Waals surface area (Å²) >= 11 is 0. The molecule has 0 radical (unpaired) electrons. The molecule has 0 fully saturated rings. The lowest BCUT2D eigenvalue weighted by Gasteiger charge is -2.08. The summed E-state index contributed by atoms with van der Waals surface area (Å²) < 4.78 is 25.9. The normalized spacial score (nSPS) is 10.4. The minimum absolute atomic E-state index is 0.269. The van der Waals surface area contributed by atoms with Gasteiger partial charge in [0.1, 0.15) is 0 Å². The van der Waals surface area contributed by atoms with Crippen molar-refractivity contribution in [2.75, 3.05) is 0 Å². The summed E-state index contributed by atoms with van der Waals surface area (Å²) in [7, 11) is 0. The van der Waals surface area contributed by atoms with Gasteiger partial charge in [-0.3, -0.25) is 9.59 Å². The average Bonchev–Trinajstić information content (AvgIpc) is 2.19. The van der Waals surface area contributed by atoms with Crippen LogP contribution in [0.15, 0.2) is 18.2 Å². The van der Waals surface area contributed by atoms with Crippen molar-refractivity contribution in [2.45, 2.75) is 6.42 Å². The van der Waals surface area contributed by atoms with Crippen LogP contribution in [0.1, 0.15) is 5.56 Å². The SMILES string of the molecule is O=C(O)C(Cc1cccc(F)c1F)C(=O)O. The second-order valence-corrected chi connectivity index (χ2v) is 3.15. The molecule has 1 aromatic rings. The first-order valence-electron chi connectivity index (χ1n) is 4.32. The van der Waals surface area contributed by atoms with Gasteiger partial charge in [0.05, 0.1) is 0 Å². The molecule has 0 saturated carbocycles. The van der Waals surface area contributed by atoms with Crippen LogP contribution in [0.25, 0.3) is 0 Å². The highest BCUT2D eigenvalue weighted by Gasteiger charge is 2.27. The predicted molar refractivity (Wildman–Crippen MR) is 48.8 cm³/mol. The van der Waals surface area contributed by atoms with Crippen LogP contribution in [0.3, 0.4) is 0 Å². The number of carbonyl (C=O) groups is 2. The van der Waals surface area contributed by atoms with Gasteiger partial charge >= 0.3 is 11.9 Å². The van der Waals surface area contributed by atoms with Crippen LogP contribution in [-0.2, 0) is 16.0 Å². The average molecular weight is 230 g/mol. The van der Waals surface area contributed by atoms with Crippen LogP contribution < -0.4 is 0 Å². The van der Waals surface area contributed by atoms with Gasteiger partial charge < -0.3 is 10.2 Å². The lowest BCUT2D eigenvalue weighted by molar-refractivity contribution is -0.154. The van der Waals surface area contributed by atoms with Crippen molar-refractivity contribution < 1.29 is 28.6 Å².